The Morgan fingerprint density at radius 1 is 1.03 bits per heavy atom. The maximum atomic E-state index is 13.9. The van der Waals surface area contributed by atoms with Gasteiger partial charge in [-0.25, -0.2) is 19.3 Å². The van der Waals surface area contributed by atoms with Gasteiger partial charge in [-0.15, -0.1) is 0 Å². The monoisotopic (exact) mass is 481 g/mol. The number of carbonyl (C=O) groups is 1. The highest BCUT2D eigenvalue weighted by Gasteiger charge is 2.33. The van der Waals surface area contributed by atoms with E-state index in [1.165, 1.54) is 28.1 Å². The fraction of sp³-hybridized carbons (Fsp3) is 0.125. The first kappa shape index (κ1) is 22.4. The molecule has 3 heterocycles. The molecular weight excluding hydrogens is 466 g/mol. The third kappa shape index (κ3) is 4.27. The average molecular weight is 481 g/mol. The lowest BCUT2D eigenvalue weighted by atomic mass is 10.0. The van der Waals surface area contributed by atoms with Gasteiger partial charge in [-0.1, -0.05) is 18.2 Å². The van der Waals surface area contributed by atoms with Crippen LogP contribution in [0.5, 0.6) is 0 Å². The fourth-order valence-electron chi connectivity index (χ4n) is 3.91. The van der Waals surface area contributed by atoms with E-state index in [1.54, 1.807) is 30.3 Å². The van der Waals surface area contributed by atoms with E-state index >= 15 is 0 Å². The number of hydrogen-bond donors (Lipinski definition) is 0. The maximum absolute atomic E-state index is 13.9. The van der Waals surface area contributed by atoms with Crippen molar-refractivity contribution in [1.29, 1.82) is 0 Å². The average Bonchev–Trinajstić information content (AvgIpc) is 2.84. The molecule has 0 radical (unpaired) electrons. The summed E-state index contributed by atoms with van der Waals surface area (Å²) in [6, 6.07) is 11.5. The lowest BCUT2D eigenvalue weighted by molar-refractivity contribution is -0.137. The molecule has 35 heavy (non-hydrogen) atoms. The number of aromatic nitrogens is 4. The van der Waals surface area contributed by atoms with E-state index < -0.39 is 41.0 Å². The largest absolute Gasteiger partial charge is 0.416 e. The van der Waals surface area contributed by atoms with Gasteiger partial charge in [-0.05, 0) is 35.9 Å². The van der Waals surface area contributed by atoms with E-state index in [0.29, 0.717) is 29.1 Å². The Kier molecular flexibility index (Phi) is 5.39. The minimum Gasteiger partial charge on any atom is -0.304 e. The number of para-hydroxylation sites is 1. The molecule has 1 aliphatic heterocycles. The van der Waals surface area contributed by atoms with E-state index in [4.69, 9.17) is 0 Å². The smallest absolute Gasteiger partial charge is 0.304 e. The molecule has 0 unspecified atom stereocenters. The summed E-state index contributed by atoms with van der Waals surface area (Å²) in [6.07, 6.45) is -2.03. The highest BCUT2D eigenvalue weighted by Crippen LogP contribution is 2.34. The predicted octanol–water partition coefficient (Wildman–Crippen LogP) is 4.24. The van der Waals surface area contributed by atoms with Crippen molar-refractivity contribution in [3.05, 3.63) is 100.0 Å². The van der Waals surface area contributed by atoms with Gasteiger partial charge in [-0.2, -0.15) is 13.2 Å². The number of halogens is 4. The third-order valence-electron chi connectivity index (χ3n) is 5.53. The summed E-state index contributed by atoms with van der Waals surface area (Å²) >= 11 is 0. The second-order valence-corrected chi connectivity index (χ2v) is 7.82. The number of rotatable bonds is 4. The second-order valence-electron chi connectivity index (χ2n) is 7.82. The summed E-state index contributed by atoms with van der Waals surface area (Å²) in [4.78, 5) is 40.0. The molecule has 0 saturated carbocycles. The number of alkyl halides is 3. The lowest BCUT2D eigenvalue weighted by Crippen LogP contribution is -2.37. The first-order chi connectivity index (χ1) is 16.7. The molecule has 2 aromatic carbocycles. The normalized spacial score (nSPS) is 12.7. The summed E-state index contributed by atoms with van der Waals surface area (Å²) in [5.74, 6) is -1.84. The van der Waals surface area contributed by atoms with Crippen molar-refractivity contribution < 1.29 is 22.4 Å². The zero-order valence-corrected chi connectivity index (χ0v) is 17.8. The molecule has 0 N–H and O–H groups in total. The second kappa shape index (κ2) is 8.42. The van der Waals surface area contributed by atoms with Gasteiger partial charge in [0.15, 0.2) is 5.78 Å². The van der Waals surface area contributed by atoms with Crippen molar-refractivity contribution in [3.63, 3.8) is 0 Å². The Morgan fingerprint density at radius 2 is 1.83 bits per heavy atom. The number of ketones is 1. The fourth-order valence-corrected chi connectivity index (χ4v) is 3.91. The zero-order chi connectivity index (χ0) is 24.7. The van der Waals surface area contributed by atoms with Gasteiger partial charge in [0.1, 0.15) is 12.1 Å². The molecule has 0 amide bonds. The van der Waals surface area contributed by atoms with Crippen LogP contribution in [0.4, 0.5) is 29.2 Å². The van der Waals surface area contributed by atoms with Crippen LogP contribution < -0.4 is 10.5 Å². The van der Waals surface area contributed by atoms with Crippen LogP contribution in [0, 0.1) is 5.82 Å². The molecule has 1 aliphatic rings. The lowest BCUT2D eigenvalue weighted by Gasteiger charge is -2.32. The Hall–Kier alpha value is -4.41. The standard InChI is InChI=1S/C24H15F4N5O2/c25-17-8-15(7-16(9-17)24(26,27)28)21(34)12-32-20-4-2-1-3-14(20)11-33-22(35)10-19(31-23(32)33)18-5-6-29-13-30-18/h1-10,13H,11-12H2. The molecule has 0 saturated heterocycles. The van der Waals surface area contributed by atoms with Crippen LogP contribution in [0.15, 0.2) is 71.9 Å². The van der Waals surface area contributed by atoms with Crippen LogP contribution >= 0.6 is 0 Å². The summed E-state index contributed by atoms with van der Waals surface area (Å²) < 4.78 is 54.8. The van der Waals surface area contributed by atoms with Crippen LogP contribution in [0.1, 0.15) is 21.5 Å². The number of nitrogens with zero attached hydrogens (tertiary/aromatic N) is 5. The molecule has 11 heteroatoms. The molecule has 0 fully saturated rings. The topological polar surface area (TPSA) is 81.0 Å². The molecule has 0 bridgehead atoms. The van der Waals surface area contributed by atoms with Crippen LogP contribution in [0.3, 0.4) is 0 Å². The van der Waals surface area contributed by atoms with Gasteiger partial charge in [0, 0.05) is 23.5 Å². The number of benzene rings is 2. The Morgan fingerprint density at radius 3 is 2.57 bits per heavy atom. The van der Waals surface area contributed by atoms with Crippen molar-refractivity contribution in [1.82, 2.24) is 19.5 Å². The van der Waals surface area contributed by atoms with Crippen molar-refractivity contribution >= 4 is 17.4 Å². The number of hydrogen-bond acceptors (Lipinski definition) is 6. The number of fused-ring (bicyclic) bond motifs is 2. The van der Waals surface area contributed by atoms with Crippen LogP contribution in [-0.2, 0) is 12.7 Å². The predicted molar refractivity (Wildman–Crippen MR) is 118 cm³/mol. The maximum Gasteiger partial charge on any atom is 0.416 e. The molecule has 176 valence electrons. The van der Waals surface area contributed by atoms with E-state index in [9.17, 15) is 27.2 Å². The van der Waals surface area contributed by atoms with Crippen molar-refractivity contribution in [3.8, 4) is 11.4 Å². The van der Waals surface area contributed by atoms with E-state index in [1.807, 2.05) is 0 Å². The van der Waals surface area contributed by atoms with E-state index in [-0.39, 0.29) is 18.2 Å². The molecule has 7 nitrogen and oxygen atoms in total. The summed E-state index contributed by atoms with van der Waals surface area (Å²) in [5.41, 5.74) is -0.222. The molecular formula is C24H15F4N5O2. The number of carbonyl (C=O) groups excluding carboxylic acids is 1. The van der Waals surface area contributed by atoms with E-state index in [0.717, 1.165) is 6.07 Å². The minimum atomic E-state index is -4.82. The quantitative estimate of drug-likeness (QED) is 0.321. The van der Waals surface area contributed by atoms with Crippen LogP contribution in [0.2, 0.25) is 0 Å². The summed E-state index contributed by atoms with van der Waals surface area (Å²) in [7, 11) is 0. The molecule has 2 aromatic heterocycles. The number of anilines is 2. The first-order valence-corrected chi connectivity index (χ1v) is 10.4. The first-order valence-electron chi connectivity index (χ1n) is 10.4. The summed E-state index contributed by atoms with van der Waals surface area (Å²) in [6.45, 7) is -0.290. The Labute approximate surface area is 195 Å². The number of Topliss-reactive ketones (excluding diaryl/α,β-unsaturated/α-hetero) is 1. The van der Waals surface area contributed by atoms with Gasteiger partial charge < -0.3 is 4.90 Å². The highest BCUT2D eigenvalue weighted by molar-refractivity contribution is 6.00. The van der Waals surface area contributed by atoms with Crippen molar-refractivity contribution in [2.75, 3.05) is 11.4 Å². The Balaban J connectivity index is 1.61. The van der Waals surface area contributed by atoms with Gasteiger partial charge >= 0.3 is 6.18 Å². The van der Waals surface area contributed by atoms with Gasteiger partial charge in [0.2, 0.25) is 5.95 Å². The molecule has 4 aromatic rings. The molecule has 0 aliphatic carbocycles. The SMILES string of the molecule is O=C(CN1c2ccccc2Cn2c1nc(-c1ccncn1)cc2=O)c1cc(F)cc(C(F)(F)F)c1. The molecule has 5 rings (SSSR count). The van der Waals surface area contributed by atoms with Crippen molar-refractivity contribution in [2.45, 2.75) is 12.7 Å². The highest BCUT2D eigenvalue weighted by atomic mass is 19.4. The van der Waals surface area contributed by atoms with Crippen LogP contribution in [-0.4, -0.2) is 31.8 Å². The minimum absolute atomic E-state index is 0.116. The summed E-state index contributed by atoms with van der Waals surface area (Å²) in [5, 5.41) is 0. The van der Waals surface area contributed by atoms with Crippen LogP contribution in [0.25, 0.3) is 11.4 Å². The van der Waals surface area contributed by atoms with Gasteiger partial charge in [0.25, 0.3) is 5.56 Å². The zero-order valence-electron chi connectivity index (χ0n) is 17.8. The molecule has 0 spiro atoms. The Bertz CT molecular complexity index is 1500. The van der Waals surface area contributed by atoms with Gasteiger partial charge in [-0.3, -0.25) is 14.2 Å². The third-order valence-corrected chi connectivity index (χ3v) is 5.53. The van der Waals surface area contributed by atoms with Gasteiger partial charge in [0.05, 0.1) is 30.0 Å². The van der Waals surface area contributed by atoms with Crippen molar-refractivity contribution in [2.24, 2.45) is 0 Å². The molecule has 0 atom stereocenters. The van der Waals surface area contributed by atoms with E-state index in [2.05, 4.69) is 15.0 Å².